The van der Waals surface area contributed by atoms with Crippen LogP contribution in [0.25, 0.3) is 0 Å². The molecule has 0 aromatic rings. The molecule has 2 unspecified atom stereocenters. The van der Waals surface area contributed by atoms with Crippen LogP contribution in [-0.2, 0) is 9.47 Å². The average molecular weight is 223 g/mol. The van der Waals surface area contributed by atoms with Crippen molar-refractivity contribution in [3.63, 3.8) is 0 Å². The molecule has 16 heavy (non-hydrogen) atoms. The minimum absolute atomic E-state index is 0.0570. The van der Waals surface area contributed by atoms with Gasteiger partial charge in [-0.25, -0.2) is 0 Å². The van der Waals surface area contributed by atoms with E-state index in [0.29, 0.717) is 11.8 Å². The van der Waals surface area contributed by atoms with Gasteiger partial charge in [-0.1, -0.05) is 13.3 Å². The molecule has 1 saturated heterocycles. The van der Waals surface area contributed by atoms with E-state index in [-0.39, 0.29) is 18.1 Å². The standard InChI is InChI=1S/C13H21NO2/c1-5-9-6-10(8(2)7-14)12-11(9)15-13(3,4)16-12/h8-12H,5-6H2,1-4H3/t8?,9-,10?,11+,12-/m0/s1. The normalized spacial score (nSPS) is 42.7. The van der Waals surface area contributed by atoms with E-state index < -0.39 is 5.79 Å². The lowest BCUT2D eigenvalue weighted by Crippen LogP contribution is -2.28. The molecule has 0 bridgehead atoms. The summed E-state index contributed by atoms with van der Waals surface area (Å²) in [6.07, 6.45) is 2.49. The van der Waals surface area contributed by atoms with Crippen LogP contribution in [0.4, 0.5) is 0 Å². The fraction of sp³-hybridized carbons (Fsp3) is 0.923. The first-order chi connectivity index (χ1) is 7.48. The van der Waals surface area contributed by atoms with Crippen LogP contribution in [0.2, 0.25) is 0 Å². The number of hydrogen-bond donors (Lipinski definition) is 0. The van der Waals surface area contributed by atoms with Crippen molar-refractivity contribution in [2.75, 3.05) is 0 Å². The topological polar surface area (TPSA) is 42.2 Å². The van der Waals surface area contributed by atoms with Gasteiger partial charge in [0.2, 0.25) is 0 Å². The van der Waals surface area contributed by atoms with E-state index >= 15 is 0 Å². The van der Waals surface area contributed by atoms with Crippen molar-refractivity contribution in [2.24, 2.45) is 17.8 Å². The highest BCUT2D eigenvalue weighted by Crippen LogP contribution is 2.48. The Kier molecular flexibility index (Phi) is 2.98. The van der Waals surface area contributed by atoms with Gasteiger partial charge in [0.15, 0.2) is 5.79 Å². The second kappa shape index (κ2) is 4.01. The second-order valence-electron chi connectivity index (χ2n) is 5.55. The van der Waals surface area contributed by atoms with Crippen LogP contribution in [0.1, 0.15) is 40.5 Å². The minimum atomic E-state index is -0.476. The third-order valence-electron chi connectivity index (χ3n) is 4.00. The molecule has 2 fully saturated rings. The van der Waals surface area contributed by atoms with Crippen LogP contribution in [0.5, 0.6) is 0 Å². The summed E-state index contributed by atoms with van der Waals surface area (Å²) in [7, 11) is 0. The molecule has 0 aromatic carbocycles. The van der Waals surface area contributed by atoms with E-state index in [0.717, 1.165) is 12.8 Å². The van der Waals surface area contributed by atoms with Crippen LogP contribution < -0.4 is 0 Å². The van der Waals surface area contributed by atoms with Crippen molar-refractivity contribution < 1.29 is 9.47 Å². The van der Waals surface area contributed by atoms with Crippen LogP contribution in [0.3, 0.4) is 0 Å². The maximum atomic E-state index is 9.06. The fourth-order valence-electron chi connectivity index (χ4n) is 3.11. The van der Waals surface area contributed by atoms with Crippen molar-refractivity contribution >= 4 is 0 Å². The summed E-state index contributed by atoms with van der Waals surface area (Å²) >= 11 is 0. The Morgan fingerprint density at radius 2 is 2.00 bits per heavy atom. The lowest BCUT2D eigenvalue weighted by atomic mass is 9.91. The predicted octanol–water partition coefficient (Wildman–Crippen LogP) is 2.71. The summed E-state index contributed by atoms with van der Waals surface area (Å²) in [5, 5.41) is 9.06. The van der Waals surface area contributed by atoms with E-state index in [9.17, 15) is 0 Å². The number of ether oxygens (including phenoxy) is 2. The Morgan fingerprint density at radius 1 is 1.38 bits per heavy atom. The lowest BCUT2D eigenvalue weighted by Gasteiger charge is -2.24. The number of fused-ring (bicyclic) bond motifs is 1. The smallest absolute Gasteiger partial charge is 0.163 e. The SMILES string of the molecule is CC[C@H]1CC(C(C)C#N)[C@@H]2OC(C)(C)O[C@H]12. The van der Waals surface area contributed by atoms with E-state index in [2.05, 4.69) is 13.0 Å². The van der Waals surface area contributed by atoms with Gasteiger partial charge >= 0.3 is 0 Å². The maximum Gasteiger partial charge on any atom is 0.163 e. The van der Waals surface area contributed by atoms with E-state index in [1.54, 1.807) is 0 Å². The van der Waals surface area contributed by atoms with Crippen molar-refractivity contribution in [3.05, 3.63) is 0 Å². The Bertz CT molecular complexity index is 308. The fourth-order valence-corrected chi connectivity index (χ4v) is 3.11. The molecule has 0 aromatic heterocycles. The van der Waals surface area contributed by atoms with Gasteiger partial charge < -0.3 is 9.47 Å². The molecular weight excluding hydrogens is 202 g/mol. The third-order valence-corrected chi connectivity index (χ3v) is 4.00. The van der Waals surface area contributed by atoms with Gasteiger partial charge in [0.25, 0.3) is 0 Å². The minimum Gasteiger partial charge on any atom is -0.344 e. The largest absolute Gasteiger partial charge is 0.344 e. The highest BCUT2D eigenvalue weighted by molar-refractivity contribution is 5.02. The second-order valence-corrected chi connectivity index (χ2v) is 5.55. The summed E-state index contributed by atoms with van der Waals surface area (Å²) in [6, 6.07) is 2.36. The zero-order chi connectivity index (χ0) is 11.9. The van der Waals surface area contributed by atoms with Crippen LogP contribution in [0, 0.1) is 29.1 Å². The third kappa shape index (κ3) is 1.85. The summed E-state index contributed by atoms with van der Waals surface area (Å²) in [6.45, 7) is 8.11. The average Bonchev–Trinajstić information content (AvgIpc) is 2.69. The van der Waals surface area contributed by atoms with Gasteiger partial charge in [-0.2, -0.15) is 5.26 Å². The molecule has 3 nitrogen and oxygen atoms in total. The summed E-state index contributed by atoms with van der Waals surface area (Å²) in [4.78, 5) is 0. The van der Waals surface area contributed by atoms with Gasteiger partial charge in [0, 0.05) is 11.8 Å². The zero-order valence-corrected chi connectivity index (χ0v) is 10.6. The molecule has 90 valence electrons. The van der Waals surface area contributed by atoms with Crippen molar-refractivity contribution in [2.45, 2.75) is 58.5 Å². The van der Waals surface area contributed by atoms with Gasteiger partial charge in [-0.3, -0.25) is 0 Å². The van der Waals surface area contributed by atoms with Gasteiger partial charge in [-0.05, 0) is 33.1 Å². The van der Waals surface area contributed by atoms with Crippen molar-refractivity contribution in [3.8, 4) is 6.07 Å². The molecule has 0 spiro atoms. The van der Waals surface area contributed by atoms with Gasteiger partial charge in [0.05, 0.1) is 18.3 Å². The molecule has 2 rings (SSSR count). The molecular formula is C13H21NO2. The molecule has 2 aliphatic rings. The Hall–Kier alpha value is -0.590. The summed E-state index contributed by atoms with van der Waals surface area (Å²) in [5.74, 6) is 0.465. The molecule has 0 radical (unpaired) electrons. The molecule has 1 aliphatic heterocycles. The van der Waals surface area contributed by atoms with E-state index in [4.69, 9.17) is 14.7 Å². The van der Waals surface area contributed by atoms with Crippen LogP contribution >= 0.6 is 0 Å². The van der Waals surface area contributed by atoms with E-state index in [1.807, 2.05) is 20.8 Å². The highest BCUT2D eigenvalue weighted by atomic mass is 16.8. The summed E-state index contributed by atoms with van der Waals surface area (Å²) in [5.41, 5.74) is 0. The lowest BCUT2D eigenvalue weighted by molar-refractivity contribution is -0.162. The Balaban J connectivity index is 2.18. The number of rotatable bonds is 2. The highest BCUT2D eigenvalue weighted by Gasteiger charge is 2.54. The van der Waals surface area contributed by atoms with Crippen LogP contribution in [0.15, 0.2) is 0 Å². The first-order valence-electron chi connectivity index (χ1n) is 6.23. The molecule has 0 amide bonds. The molecule has 1 heterocycles. The quantitative estimate of drug-likeness (QED) is 0.722. The Morgan fingerprint density at radius 3 is 2.56 bits per heavy atom. The van der Waals surface area contributed by atoms with Crippen molar-refractivity contribution in [1.82, 2.24) is 0 Å². The molecule has 0 N–H and O–H groups in total. The number of nitriles is 1. The molecule has 5 atom stereocenters. The van der Waals surface area contributed by atoms with Gasteiger partial charge in [0.1, 0.15) is 0 Å². The number of hydrogen-bond acceptors (Lipinski definition) is 3. The monoisotopic (exact) mass is 223 g/mol. The first kappa shape index (κ1) is 11.9. The molecule has 3 heteroatoms. The van der Waals surface area contributed by atoms with Gasteiger partial charge in [-0.15, -0.1) is 0 Å². The van der Waals surface area contributed by atoms with Crippen LogP contribution in [-0.4, -0.2) is 18.0 Å². The van der Waals surface area contributed by atoms with Crippen molar-refractivity contribution in [1.29, 1.82) is 5.26 Å². The Labute approximate surface area is 97.7 Å². The first-order valence-corrected chi connectivity index (χ1v) is 6.23. The molecule has 1 aliphatic carbocycles. The summed E-state index contributed by atoms with van der Waals surface area (Å²) < 4.78 is 11.9. The number of nitrogens with zero attached hydrogens (tertiary/aromatic N) is 1. The predicted molar refractivity (Wildman–Crippen MR) is 60.5 cm³/mol. The maximum absolute atomic E-state index is 9.06. The molecule has 1 saturated carbocycles. The zero-order valence-electron chi connectivity index (χ0n) is 10.6. The van der Waals surface area contributed by atoms with E-state index in [1.165, 1.54) is 0 Å².